The van der Waals surface area contributed by atoms with Gasteiger partial charge in [-0.25, -0.2) is 9.78 Å². The van der Waals surface area contributed by atoms with E-state index in [1.54, 1.807) is 19.9 Å². The van der Waals surface area contributed by atoms with Gasteiger partial charge in [-0.1, -0.05) is 0 Å². The number of carboxylic acid groups (broad SMARTS) is 1. The van der Waals surface area contributed by atoms with Crippen LogP contribution in [0.3, 0.4) is 0 Å². The molecule has 2 rings (SSSR count). The van der Waals surface area contributed by atoms with Gasteiger partial charge in [-0.3, -0.25) is 4.79 Å². The first kappa shape index (κ1) is 14.6. The van der Waals surface area contributed by atoms with Gasteiger partial charge in [0.1, 0.15) is 6.04 Å². The number of aromatic amines is 1. The maximum absolute atomic E-state index is 12.2. The van der Waals surface area contributed by atoms with E-state index in [1.807, 2.05) is 0 Å². The fraction of sp³-hybridized carbons (Fsp3) is 0.308. The van der Waals surface area contributed by atoms with Crippen LogP contribution < -0.4 is 5.32 Å². The first-order valence-corrected chi connectivity index (χ1v) is 6.29. The van der Waals surface area contributed by atoms with Crippen LogP contribution in [0.2, 0.25) is 0 Å². The Balaban J connectivity index is 2.14. The Bertz CT molecular complexity index is 654. The van der Waals surface area contributed by atoms with E-state index in [0.29, 0.717) is 22.6 Å². The minimum atomic E-state index is -1.12. The lowest BCUT2D eigenvalue weighted by Gasteiger charge is -2.14. The van der Waals surface area contributed by atoms with Crippen LogP contribution in [0.1, 0.15) is 27.4 Å². The second-order valence-corrected chi connectivity index (χ2v) is 4.63. The molecule has 8 nitrogen and oxygen atoms in total. The zero-order chi connectivity index (χ0) is 15.4. The smallest absolute Gasteiger partial charge is 0.326 e. The van der Waals surface area contributed by atoms with Crippen LogP contribution in [-0.4, -0.2) is 43.2 Å². The second kappa shape index (κ2) is 6.12. The third kappa shape index (κ3) is 3.62. The van der Waals surface area contributed by atoms with Crippen molar-refractivity contribution in [2.24, 2.45) is 0 Å². The summed E-state index contributed by atoms with van der Waals surface area (Å²) in [6.45, 7) is 3.36. The van der Waals surface area contributed by atoms with Crippen molar-refractivity contribution < 1.29 is 14.7 Å². The van der Waals surface area contributed by atoms with E-state index in [9.17, 15) is 14.7 Å². The molecule has 0 saturated carbocycles. The molecule has 2 heterocycles. The quantitative estimate of drug-likeness (QED) is 0.725. The Morgan fingerprint density at radius 3 is 2.76 bits per heavy atom. The van der Waals surface area contributed by atoms with Crippen LogP contribution in [0.25, 0.3) is 0 Å². The van der Waals surface area contributed by atoms with Crippen LogP contribution in [0.5, 0.6) is 0 Å². The second-order valence-electron chi connectivity index (χ2n) is 4.63. The predicted octanol–water partition coefficient (Wildman–Crippen LogP) is 0.242. The summed E-state index contributed by atoms with van der Waals surface area (Å²) in [5.41, 5.74) is 1.98. The minimum Gasteiger partial charge on any atom is -0.480 e. The van der Waals surface area contributed by atoms with Gasteiger partial charge >= 0.3 is 5.97 Å². The molecule has 0 aromatic carbocycles. The number of imidazole rings is 1. The van der Waals surface area contributed by atoms with Crippen LogP contribution in [0.15, 0.2) is 18.6 Å². The monoisotopic (exact) mass is 289 g/mol. The Labute approximate surface area is 120 Å². The lowest BCUT2D eigenvalue weighted by molar-refractivity contribution is -0.139. The zero-order valence-electron chi connectivity index (χ0n) is 11.6. The summed E-state index contributed by atoms with van der Waals surface area (Å²) in [6.07, 6.45) is 3.10. The van der Waals surface area contributed by atoms with Crippen molar-refractivity contribution >= 4 is 11.9 Å². The van der Waals surface area contributed by atoms with E-state index in [1.165, 1.54) is 12.5 Å². The van der Waals surface area contributed by atoms with Gasteiger partial charge in [0.2, 0.25) is 0 Å². The Morgan fingerprint density at radius 1 is 1.38 bits per heavy atom. The molecule has 0 aliphatic carbocycles. The van der Waals surface area contributed by atoms with Crippen molar-refractivity contribution in [3.8, 4) is 0 Å². The molecule has 0 bridgehead atoms. The first-order valence-electron chi connectivity index (χ1n) is 6.29. The number of carboxylic acids is 1. The maximum atomic E-state index is 12.2. The average Bonchev–Trinajstić information content (AvgIpc) is 2.93. The highest BCUT2D eigenvalue weighted by Crippen LogP contribution is 2.07. The molecule has 0 spiro atoms. The van der Waals surface area contributed by atoms with E-state index in [-0.39, 0.29) is 6.42 Å². The van der Waals surface area contributed by atoms with Crippen molar-refractivity contribution in [2.45, 2.75) is 26.3 Å². The van der Waals surface area contributed by atoms with E-state index < -0.39 is 17.9 Å². The minimum absolute atomic E-state index is 0.123. The zero-order valence-corrected chi connectivity index (χ0v) is 11.6. The molecule has 0 aliphatic heterocycles. The maximum Gasteiger partial charge on any atom is 0.326 e. The van der Waals surface area contributed by atoms with Gasteiger partial charge in [0.25, 0.3) is 5.91 Å². The molecule has 1 unspecified atom stereocenters. The van der Waals surface area contributed by atoms with E-state index in [2.05, 4.69) is 25.5 Å². The van der Waals surface area contributed by atoms with Crippen molar-refractivity contribution in [1.29, 1.82) is 0 Å². The van der Waals surface area contributed by atoms with Crippen molar-refractivity contribution in [3.05, 3.63) is 41.2 Å². The van der Waals surface area contributed by atoms with Crippen molar-refractivity contribution in [1.82, 2.24) is 25.5 Å². The number of nitrogens with one attached hydrogen (secondary N) is 2. The van der Waals surface area contributed by atoms with Gasteiger partial charge in [0.15, 0.2) is 0 Å². The number of amides is 1. The van der Waals surface area contributed by atoms with Gasteiger partial charge < -0.3 is 15.4 Å². The largest absolute Gasteiger partial charge is 0.480 e. The molecule has 0 fully saturated rings. The van der Waals surface area contributed by atoms with E-state index >= 15 is 0 Å². The van der Waals surface area contributed by atoms with Crippen molar-refractivity contribution in [3.63, 3.8) is 0 Å². The Kier molecular flexibility index (Phi) is 4.27. The lowest BCUT2D eigenvalue weighted by atomic mass is 10.1. The summed E-state index contributed by atoms with van der Waals surface area (Å²) in [5, 5.41) is 19.4. The molecule has 0 saturated heterocycles. The molecule has 1 amide bonds. The third-order valence-corrected chi connectivity index (χ3v) is 2.93. The van der Waals surface area contributed by atoms with Crippen LogP contribution >= 0.6 is 0 Å². The number of hydrogen-bond acceptors (Lipinski definition) is 5. The number of aliphatic carboxylic acids is 1. The molecule has 2 aromatic heterocycles. The Hall–Kier alpha value is -2.77. The van der Waals surface area contributed by atoms with Crippen molar-refractivity contribution in [2.75, 3.05) is 0 Å². The summed E-state index contributed by atoms with van der Waals surface area (Å²) in [4.78, 5) is 30.1. The average molecular weight is 289 g/mol. The number of hydrogen-bond donors (Lipinski definition) is 3. The highest BCUT2D eigenvalue weighted by molar-refractivity contribution is 5.97. The highest BCUT2D eigenvalue weighted by atomic mass is 16.4. The highest BCUT2D eigenvalue weighted by Gasteiger charge is 2.23. The molecule has 8 heteroatoms. The summed E-state index contributed by atoms with van der Waals surface area (Å²) >= 11 is 0. The molecular weight excluding hydrogens is 274 g/mol. The van der Waals surface area contributed by atoms with Gasteiger partial charge in [0.05, 0.1) is 23.3 Å². The fourth-order valence-corrected chi connectivity index (χ4v) is 1.83. The number of rotatable bonds is 5. The van der Waals surface area contributed by atoms with Gasteiger partial charge in [-0.15, -0.1) is 0 Å². The fourth-order valence-electron chi connectivity index (χ4n) is 1.83. The third-order valence-electron chi connectivity index (χ3n) is 2.93. The number of aromatic nitrogens is 4. The molecule has 21 heavy (non-hydrogen) atoms. The normalized spacial score (nSPS) is 11.9. The predicted molar refractivity (Wildman–Crippen MR) is 72.7 cm³/mol. The summed E-state index contributed by atoms with van der Waals surface area (Å²) in [5.74, 6) is -1.60. The summed E-state index contributed by atoms with van der Waals surface area (Å²) < 4.78 is 0. The molecule has 0 aliphatic rings. The standard InChI is InChI=1S/C13H15N5O3/c1-7-3-10(8(2)18-17-7)12(19)16-11(13(20)21)4-9-5-14-6-15-9/h3,5-6,11H,4H2,1-2H3,(H,14,15)(H,16,19)(H,20,21). The SMILES string of the molecule is Cc1cc(C(=O)NC(Cc2cnc[nH]2)C(=O)O)c(C)nn1. The molecular formula is C13H15N5O3. The number of carbonyl (C=O) groups excluding carboxylic acids is 1. The number of aryl methyl sites for hydroxylation is 2. The molecule has 0 radical (unpaired) electrons. The van der Waals surface area contributed by atoms with E-state index in [4.69, 9.17) is 0 Å². The lowest BCUT2D eigenvalue weighted by Crippen LogP contribution is -2.42. The van der Waals surface area contributed by atoms with Gasteiger partial charge in [-0.2, -0.15) is 10.2 Å². The van der Waals surface area contributed by atoms with Crippen LogP contribution in [-0.2, 0) is 11.2 Å². The summed E-state index contributed by atoms with van der Waals surface area (Å²) in [6, 6.07) is 0.526. The van der Waals surface area contributed by atoms with Crippen LogP contribution in [0, 0.1) is 13.8 Å². The molecule has 2 aromatic rings. The number of H-pyrrole nitrogens is 1. The first-order chi connectivity index (χ1) is 9.97. The molecule has 1 atom stereocenters. The number of nitrogens with zero attached hydrogens (tertiary/aromatic N) is 3. The van der Waals surface area contributed by atoms with Crippen LogP contribution in [0.4, 0.5) is 0 Å². The van der Waals surface area contributed by atoms with Gasteiger partial charge in [-0.05, 0) is 19.9 Å². The Morgan fingerprint density at radius 2 is 2.14 bits per heavy atom. The summed E-state index contributed by atoms with van der Waals surface area (Å²) in [7, 11) is 0. The molecule has 3 N–H and O–H groups in total. The number of carbonyl (C=O) groups is 2. The molecule has 110 valence electrons. The van der Waals surface area contributed by atoms with E-state index in [0.717, 1.165) is 0 Å². The topological polar surface area (TPSA) is 121 Å². The van der Waals surface area contributed by atoms with Gasteiger partial charge in [0, 0.05) is 18.3 Å².